The monoisotopic (exact) mass is 603 g/mol. The van der Waals surface area contributed by atoms with E-state index in [4.69, 9.17) is 9.47 Å². The fourth-order valence-corrected chi connectivity index (χ4v) is 4.65. The molecule has 0 unspecified atom stereocenters. The molecule has 0 bridgehead atoms. The van der Waals surface area contributed by atoms with E-state index in [2.05, 4.69) is 4.84 Å². The first-order valence-corrected chi connectivity index (χ1v) is 14.1. The zero-order valence-electron chi connectivity index (χ0n) is 23.4. The van der Waals surface area contributed by atoms with Crippen molar-refractivity contribution < 1.29 is 52.7 Å². The number of aliphatic hydroxyl groups excluding tert-OH is 3. The number of rotatable bonds is 19. The number of hydrogen-bond donors (Lipinski definition) is 3. The predicted octanol–water partition coefficient (Wildman–Crippen LogP) is 4.79. The topological polar surface area (TPSA) is 149 Å². The Morgan fingerprint density at radius 3 is 2.55 bits per heavy atom. The summed E-state index contributed by atoms with van der Waals surface area (Å²) in [6.45, 7) is 0.0802. The van der Waals surface area contributed by atoms with E-state index in [0.717, 1.165) is 25.0 Å². The third kappa shape index (κ3) is 13.7. The summed E-state index contributed by atoms with van der Waals surface area (Å²) in [4.78, 5) is 26.1. The van der Waals surface area contributed by atoms with Crippen LogP contribution >= 0.6 is 0 Å². The molecule has 236 valence electrons. The van der Waals surface area contributed by atoms with Gasteiger partial charge < -0.3 is 29.6 Å². The van der Waals surface area contributed by atoms with Crippen LogP contribution < -0.4 is 4.74 Å². The SMILES string of the molecule is O=C(CCCC=CC[C@@H]1[C@@H](C=C[C@@H](O)COc2cccc(C(F)(F)F)c2)[C@H](O)C[C@@H]1O)OCCCCCCO[N+](=O)[O-]. The molecule has 1 fully saturated rings. The van der Waals surface area contributed by atoms with Crippen LogP contribution in [-0.2, 0) is 20.5 Å². The van der Waals surface area contributed by atoms with Gasteiger partial charge in [-0.25, -0.2) is 0 Å². The number of carbonyl (C=O) groups is 1. The van der Waals surface area contributed by atoms with Gasteiger partial charge in [-0.3, -0.25) is 4.79 Å². The average Bonchev–Trinajstić information content (AvgIpc) is 3.20. The van der Waals surface area contributed by atoms with E-state index >= 15 is 0 Å². The molecule has 0 radical (unpaired) electrons. The number of carbonyl (C=O) groups excluding carboxylic acids is 1. The Kier molecular flexibility index (Phi) is 15.3. The quantitative estimate of drug-likeness (QED) is 0.0667. The molecule has 10 nitrogen and oxygen atoms in total. The van der Waals surface area contributed by atoms with Gasteiger partial charge in [0.05, 0.1) is 31.0 Å². The van der Waals surface area contributed by atoms with Gasteiger partial charge in [0.15, 0.2) is 0 Å². The highest BCUT2D eigenvalue weighted by atomic mass is 19.4. The highest BCUT2D eigenvalue weighted by Crippen LogP contribution is 2.36. The van der Waals surface area contributed by atoms with E-state index in [1.807, 2.05) is 12.2 Å². The van der Waals surface area contributed by atoms with Crippen molar-refractivity contribution in [3.05, 3.63) is 64.2 Å². The Balaban J connectivity index is 1.66. The molecule has 0 amide bonds. The van der Waals surface area contributed by atoms with Crippen molar-refractivity contribution in [2.45, 2.75) is 82.3 Å². The van der Waals surface area contributed by atoms with Crippen LogP contribution in [0.4, 0.5) is 13.2 Å². The Morgan fingerprint density at radius 1 is 1.10 bits per heavy atom. The van der Waals surface area contributed by atoms with E-state index in [0.29, 0.717) is 38.7 Å². The molecule has 1 aliphatic carbocycles. The van der Waals surface area contributed by atoms with Crippen molar-refractivity contribution in [3.63, 3.8) is 0 Å². The fraction of sp³-hybridized carbons (Fsp3) is 0.621. The lowest BCUT2D eigenvalue weighted by Crippen LogP contribution is -2.21. The third-order valence-corrected chi connectivity index (χ3v) is 6.88. The Hall–Kier alpha value is -3.16. The lowest BCUT2D eigenvalue weighted by Gasteiger charge is -2.19. The third-order valence-electron chi connectivity index (χ3n) is 6.88. The highest BCUT2D eigenvalue weighted by Gasteiger charge is 2.39. The number of esters is 1. The summed E-state index contributed by atoms with van der Waals surface area (Å²) in [6, 6.07) is 4.36. The van der Waals surface area contributed by atoms with Crippen LogP contribution in [0.1, 0.15) is 63.4 Å². The molecule has 2 rings (SSSR count). The van der Waals surface area contributed by atoms with Crippen molar-refractivity contribution in [2.24, 2.45) is 11.8 Å². The van der Waals surface area contributed by atoms with E-state index in [-0.39, 0.29) is 43.7 Å². The molecule has 0 aliphatic heterocycles. The van der Waals surface area contributed by atoms with E-state index in [1.54, 1.807) is 6.08 Å². The molecule has 0 aromatic heterocycles. The maximum absolute atomic E-state index is 12.9. The number of hydrogen-bond acceptors (Lipinski definition) is 9. The molecule has 5 atom stereocenters. The van der Waals surface area contributed by atoms with Crippen LogP contribution in [0.15, 0.2) is 48.6 Å². The molecular weight excluding hydrogens is 563 g/mol. The van der Waals surface area contributed by atoms with Crippen LogP contribution in [0.25, 0.3) is 0 Å². The van der Waals surface area contributed by atoms with Gasteiger partial charge in [0.1, 0.15) is 18.5 Å². The second kappa shape index (κ2) is 18.4. The van der Waals surface area contributed by atoms with Gasteiger partial charge in [-0.1, -0.05) is 36.8 Å². The van der Waals surface area contributed by atoms with E-state index < -0.39 is 41.1 Å². The van der Waals surface area contributed by atoms with Gasteiger partial charge in [0, 0.05) is 18.8 Å². The van der Waals surface area contributed by atoms with E-state index in [1.165, 1.54) is 18.2 Å². The van der Waals surface area contributed by atoms with Crippen molar-refractivity contribution in [1.29, 1.82) is 0 Å². The normalized spacial score (nSPS) is 21.6. The molecule has 13 heteroatoms. The summed E-state index contributed by atoms with van der Waals surface area (Å²) in [5.41, 5.74) is -0.854. The second-order valence-electron chi connectivity index (χ2n) is 10.2. The number of allylic oxidation sites excluding steroid dienone is 2. The maximum atomic E-state index is 12.9. The minimum Gasteiger partial charge on any atom is -0.491 e. The molecule has 1 saturated carbocycles. The first-order chi connectivity index (χ1) is 20.0. The molecule has 0 spiro atoms. The van der Waals surface area contributed by atoms with Crippen LogP contribution in [0.3, 0.4) is 0 Å². The summed E-state index contributed by atoms with van der Waals surface area (Å²) >= 11 is 0. The van der Waals surface area contributed by atoms with Gasteiger partial charge >= 0.3 is 12.1 Å². The molecular formula is C29H40F3NO9. The standard InChI is InChI=1S/C29H40F3NO9/c30-29(31,32)21-10-9-11-23(18-21)41-20-22(34)14-15-25-24(26(35)19-27(25)36)12-5-1-2-6-13-28(37)40-16-7-3-4-8-17-42-33(38)39/h1,5,9-11,14-15,18,22,24-27,34-36H,2-4,6-8,12-13,16-17,19-20H2/t22-,24-,25-,26+,27-/m1/s1. The van der Waals surface area contributed by atoms with Gasteiger partial charge in [-0.2, -0.15) is 13.2 Å². The summed E-state index contributed by atoms with van der Waals surface area (Å²) in [7, 11) is 0. The van der Waals surface area contributed by atoms with Gasteiger partial charge in [0.2, 0.25) is 0 Å². The Morgan fingerprint density at radius 2 is 1.83 bits per heavy atom. The molecule has 0 heterocycles. The van der Waals surface area contributed by atoms with Crippen LogP contribution in [0.2, 0.25) is 0 Å². The van der Waals surface area contributed by atoms with Crippen molar-refractivity contribution in [2.75, 3.05) is 19.8 Å². The molecule has 3 N–H and O–H groups in total. The number of alkyl halides is 3. The number of aliphatic hydroxyl groups is 3. The number of ether oxygens (including phenoxy) is 2. The van der Waals surface area contributed by atoms with Crippen molar-refractivity contribution in [1.82, 2.24) is 0 Å². The largest absolute Gasteiger partial charge is 0.491 e. The summed E-state index contributed by atoms with van der Waals surface area (Å²) in [6.07, 6.45) is 4.52. The molecule has 1 aromatic rings. The molecule has 1 aromatic carbocycles. The number of unbranched alkanes of at least 4 members (excludes halogenated alkanes) is 4. The summed E-state index contributed by atoms with van der Waals surface area (Å²) in [5, 5.41) is 40.2. The van der Waals surface area contributed by atoms with Gasteiger partial charge in [-0.15, -0.1) is 10.1 Å². The summed E-state index contributed by atoms with van der Waals surface area (Å²) in [5.74, 6) is -1.04. The van der Waals surface area contributed by atoms with Gasteiger partial charge in [0.25, 0.3) is 5.09 Å². The summed E-state index contributed by atoms with van der Waals surface area (Å²) < 4.78 is 49.0. The predicted molar refractivity (Wildman–Crippen MR) is 146 cm³/mol. The maximum Gasteiger partial charge on any atom is 0.416 e. The zero-order chi connectivity index (χ0) is 31.0. The lowest BCUT2D eigenvalue weighted by molar-refractivity contribution is -0.757. The van der Waals surface area contributed by atoms with Crippen LogP contribution in [0, 0.1) is 22.0 Å². The zero-order valence-corrected chi connectivity index (χ0v) is 23.4. The van der Waals surface area contributed by atoms with Crippen molar-refractivity contribution >= 4 is 5.97 Å². The Labute approximate surface area is 242 Å². The molecule has 0 saturated heterocycles. The van der Waals surface area contributed by atoms with Gasteiger partial charge in [-0.05, 0) is 62.6 Å². The van der Waals surface area contributed by atoms with Crippen LogP contribution in [0.5, 0.6) is 5.75 Å². The smallest absolute Gasteiger partial charge is 0.416 e. The van der Waals surface area contributed by atoms with Crippen LogP contribution in [-0.4, -0.2) is 64.5 Å². The number of benzene rings is 1. The first-order valence-electron chi connectivity index (χ1n) is 14.1. The minimum absolute atomic E-state index is 0.0276. The van der Waals surface area contributed by atoms with E-state index in [9.17, 15) is 43.4 Å². The number of nitrogens with zero attached hydrogens (tertiary/aromatic N) is 1. The Bertz CT molecular complexity index is 1020. The molecule has 1 aliphatic rings. The second-order valence-corrected chi connectivity index (χ2v) is 10.2. The number of halogens is 3. The molecule has 42 heavy (non-hydrogen) atoms. The lowest BCUT2D eigenvalue weighted by atomic mass is 9.89. The average molecular weight is 604 g/mol. The fourth-order valence-electron chi connectivity index (χ4n) is 4.65. The first kappa shape index (κ1) is 35.0. The highest BCUT2D eigenvalue weighted by molar-refractivity contribution is 5.69. The minimum atomic E-state index is -4.50. The van der Waals surface area contributed by atoms with Crippen molar-refractivity contribution in [3.8, 4) is 5.75 Å².